The number of hydrazone groups is 1. The maximum atomic E-state index is 11.8. The quantitative estimate of drug-likeness (QED) is 0.669. The molecule has 0 unspecified atom stereocenters. The first kappa shape index (κ1) is 14.3. The fourth-order valence-corrected chi connectivity index (χ4v) is 1.88. The van der Waals surface area contributed by atoms with Crippen molar-refractivity contribution in [3.05, 3.63) is 63.6 Å². The first-order valence-electron chi connectivity index (χ1n) is 5.95. The summed E-state index contributed by atoms with van der Waals surface area (Å²) in [5.74, 6) is -0.143. The van der Waals surface area contributed by atoms with Crippen molar-refractivity contribution in [2.24, 2.45) is 5.10 Å². The Morgan fingerprint density at radius 3 is 2.65 bits per heavy atom. The molecule has 0 aliphatic carbocycles. The van der Waals surface area contributed by atoms with E-state index >= 15 is 0 Å². The summed E-state index contributed by atoms with van der Waals surface area (Å²) < 4.78 is 0.905. The molecule has 2 aromatic rings. The van der Waals surface area contributed by atoms with E-state index in [0.29, 0.717) is 11.1 Å². The molecule has 0 aliphatic rings. The molecular weight excluding hydrogens is 320 g/mol. The van der Waals surface area contributed by atoms with Gasteiger partial charge in [0, 0.05) is 15.6 Å². The molecule has 2 rings (SSSR count). The van der Waals surface area contributed by atoms with Crippen molar-refractivity contribution in [1.82, 2.24) is 5.43 Å². The van der Waals surface area contributed by atoms with Crippen LogP contribution in [0, 0.1) is 6.92 Å². The Morgan fingerprint density at radius 2 is 1.95 bits per heavy atom. The second kappa shape index (κ2) is 6.34. The predicted molar refractivity (Wildman–Crippen MR) is 82.0 cm³/mol. The van der Waals surface area contributed by atoms with Gasteiger partial charge in [0.15, 0.2) is 0 Å². The largest absolute Gasteiger partial charge is 0.507 e. The van der Waals surface area contributed by atoms with Crippen LogP contribution in [-0.4, -0.2) is 17.2 Å². The zero-order chi connectivity index (χ0) is 14.5. The average molecular weight is 333 g/mol. The number of carbonyl (C=O) groups is 1. The standard InChI is InChI=1S/C15H13BrN2O2/c1-10-3-2-4-12(14(10)19)9-17-18-15(20)11-5-7-13(16)8-6-11/h2-9,19H,1H3,(H,18,20). The highest BCUT2D eigenvalue weighted by atomic mass is 79.9. The number of nitrogens with zero attached hydrogens (tertiary/aromatic N) is 1. The summed E-state index contributed by atoms with van der Waals surface area (Å²) in [6.45, 7) is 1.80. The SMILES string of the molecule is Cc1cccc(C=NNC(=O)c2ccc(Br)cc2)c1O. The van der Waals surface area contributed by atoms with E-state index in [1.165, 1.54) is 6.21 Å². The van der Waals surface area contributed by atoms with Crippen molar-refractivity contribution < 1.29 is 9.90 Å². The molecule has 2 aromatic carbocycles. The number of aromatic hydroxyl groups is 1. The molecule has 0 spiro atoms. The first-order valence-corrected chi connectivity index (χ1v) is 6.75. The first-order chi connectivity index (χ1) is 9.58. The number of hydrogen-bond donors (Lipinski definition) is 2. The number of benzene rings is 2. The third-order valence-electron chi connectivity index (χ3n) is 2.75. The van der Waals surface area contributed by atoms with Gasteiger partial charge in [-0.05, 0) is 42.8 Å². The second-order valence-corrected chi connectivity index (χ2v) is 5.13. The van der Waals surface area contributed by atoms with Gasteiger partial charge in [-0.15, -0.1) is 0 Å². The highest BCUT2D eigenvalue weighted by molar-refractivity contribution is 9.10. The van der Waals surface area contributed by atoms with Crippen LogP contribution in [0.4, 0.5) is 0 Å². The highest BCUT2D eigenvalue weighted by Crippen LogP contribution is 2.19. The van der Waals surface area contributed by atoms with E-state index in [4.69, 9.17) is 0 Å². The smallest absolute Gasteiger partial charge is 0.271 e. The zero-order valence-corrected chi connectivity index (χ0v) is 12.4. The summed E-state index contributed by atoms with van der Waals surface area (Å²) in [7, 11) is 0. The molecule has 20 heavy (non-hydrogen) atoms. The van der Waals surface area contributed by atoms with Crippen molar-refractivity contribution in [3.63, 3.8) is 0 Å². The van der Waals surface area contributed by atoms with Crippen molar-refractivity contribution in [2.75, 3.05) is 0 Å². The number of nitrogens with one attached hydrogen (secondary N) is 1. The summed E-state index contributed by atoms with van der Waals surface area (Å²) in [6, 6.07) is 12.3. The van der Waals surface area contributed by atoms with Crippen LogP contribution in [0.5, 0.6) is 5.75 Å². The molecule has 0 atom stereocenters. The lowest BCUT2D eigenvalue weighted by molar-refractivity contribution is 0.0955. The number of halogens is 1. The molecular formula is C15H13BrN2O2. The van der Waals surface area contributed by atoms with Crippen LogP contribution in [0.3, 0.4) is 0 Å². The Balaban J connectivity index is 2.04. The molecule has 1 amide bonds. The second-order valence-electron chi connectivity index (χ2n) is 4.22. The zero-order valence-electron chi connectivity index (χ0n) is 10.8. The lowest BCUT2D eigenvalue weighted by Crippen LogP contribution is -2.17. The van der Waals surface area contributed by atoms with E-state index in [9.17, 15) is 9.90 Å². The van der Waals surface area contributed by atoms with Gasteiger partial charge in [0.25, 0.3) is 5.91 Å². The molecule has 102 valence electrons. The Bertz CT molecular complexity index is 651. The Kier molecular flexibility index (Phi) is 4.53. The minimum absolute atomic E-state index is 0.161. The minimum atomic E-state index is -0.305. The van der Waals surface area contributed by atoms with Crippen molar-refractivity contribution in [2.45, 2.75) is 6.92 Å². The van der Waals surface area contributed by atoms with Crippen LogP contribution in [0.2, 0.25) is 0 Å². The van der Waals surface area contributed by atoms with Gasteiger partial charge in [-0.1, -0.05) is 28.1 Å². The van der Waals surface area contributed by atoms with Gasteiger partial charge in [0.05, 0.1) is 6.21 Å². The topological polar surface area (TPSA) is 61.7 Å². The van der Waals surface area contributed by atoms with Crippen LogP contribution >= 0.6 is 15.9 Å². The van der Waals surface area contributed by atoms with Gasteiger partial charge in [-0.2, -0.15) is 5.10 Å². The molecule has 0 aromatic heterocycles. The third kappa shape index (κ3) is 3.45. The lowest BCUT2D eigenvalue weighted by atomic mass is 10.1. The van der Waals surface area contributed by atoms with E-state index in [1.807, 2.05) is 6.07 Å². The van der Waals surface area contributed by atoms with Crippen LogP contribution in [0.25, 0.3) is 0 Å². The number of para-hydroxylation sites is 1. The third-order valence-corrected chi connectivity index (χ3v) is 3.27. The minimum Gasteiger partial charge on any atom is -0.507 e. The van der Waals surface area contributed by atoms with Crippen LogP contribution in [-0.2, 0) is 0 Å². The molecule has 0 fully saturated rings. The number of amides is 1. The lowest BCUT2D eigenvalue weighted by Gasteiger charge is -2.02. The van der Waals surface area contributed by atoms with E-state index in [2.05, 4.69) is 26.5 Å². The molecule has 0 saturated carbocycles. The average Bonchev–Trinajstić information content (AvgIpc) is 2.44. The summed E-state index contributed by atoms with van der Waals surface area (Å²) in [5, 5.41) is 13.6. The van der Waals surface area contributed by atoms with Crippen molar-refractivity contribution in [1.29, 1.82) is 0 Å². The van der Waals surface area contributed by atoms with Crippen LogP contribution < -0.4 is 5.43 Å². The van der Waals surface area contributed by atoms with Gasteiger partial charge < -0.3 is 5.11 Å². The molecule has 4 nitrogen and oxygen atoms in total. The van der Waals surface area contributed by atoms with Gasteiger partial charge in [0.1, 0.15) is 5.75 Å². The number of phenols is 1. The number of phenolic OH excluding ortho intramolecular Hbond substituents is 1. The fourth-order valence-electron chi connectivity index (χ4n) is 1.61. The molecule has 0 aliphatic heterocycles. The number of hydrogen-bond acceptors (Lipinski definition) is 3. The number of rotatable bonds is 3. The summed E-state index contributed by atoms with van der Waals surface area (Å²) >= 11 is 3.30. The van der Waals surface area contributed by atoms with Gasteiger partial charge in [-0.3, -0.25) is 4.79 Å². The normalized spacial score (nSPS) is 10.7. The van der Waals surface area contributed by atoms with Gasteiger partial charge in [0.2, 0.25) is 0 Å². The van der Waals surface area contributed by atoms with Gasteiger partial charge in [-0.25, -0.2) is 5.43 Å². The van der Waals surface area contributed by atoms with Crippen molar-refractivity contribution >= 4 is 28.1 Å². The molecule has 5 heteroatoms. The maximum Gasteiger partial charge on any atom is 0.271 e. The number of carbonyl (C=O) groups excluding carboxylic acids is 1. The molecule has 0 heterocycles. The van der Waals surface area contributed by atoms with Crippen LogP contribution in [0.1, 0.15) is 21.5 Å². The van der Waals surface area contributed by atoms with Gasteiger partial charge >= 0.3 is 0 Å². The van der Waals surface area contributed by atoms with E-state index < -0.39 is 0 Å². The fraction of sp³-hybridized carbons (Fsp3) is 0.0667. The Labute approximate surface area is 125 Å². The molecule has 2 N–H and O–H groups in total. The Hall–Kier alpha value is -2.14. The molecule has 0 saturated heterocycles. The summed E-state index contributed by atoms with van der Waals surface area (Å²) in [6.07, 6.45) is 1.42. The van der Waals surface area contributed by atoms with E-state index in [1.54, 1.807) is 43.3 Å². The van der Waals surface area contributed by atoms with Crippen molar-refractivity contribution in [3.8, 4) is 5.75 Å². The highest BCUT2D eigenvalue weighted by Gasteiger charge is 2.04. The Morgan fingerprint density at radius 1 is 1.25 bits per heavy atom. The maximum absolute atomic E-state index is 11.8. The summed E-state index contributed by atoms with van der Waals surface area (Å²) in [5.41, 5.74) is 4.24. The van der Waals surface area contributed by atoms with E-state index in [0.717, 1.165) is 10.0 Å². The number of aryl methyl sites for hydroxylation is 1. The molecule has 0 bridgehead atoms. The molecule has 0 radical (unpaired) electrons. The summed E-state index contributed by atoms with van der Waals surface area (Å²) in [4.78, 5) is 11.8. The monoisotopic (exact) mass is 332 g/mol. The predicted octanol–water partition coefficient (Wildman–Crippen LogP) is 3.23. The van der Waals surface area contributed by atoms with Crippen LogP contribution in [0.15, 0.2) is 52.0 Å². The van der Waals surface area contributed by atoms with E-state index in [-0.39, 0.29) is 11.7 Å².